The molecule has 2 N–H and O–H groups in total. The largest absolute Gasteiger partial charge is 0.506 e. The molecule has 0 atom stereocenters. The molecule has 0 amide bonds. The summed E-state index contributed by atoms with van der Waals surface area (Å²) in [5, 5.41) is 18.6. The fourth-order valence-corrected chi connectivity index (χ4v) is 2.00. The van der Waals surface area contributed by atoms with Gasteiger partial charge in [0.25, 0.3) is 0 Å². The number of rotatable bonds is 3. The van der Waals surface area contributed by atoms with Crippen LogP contribution in [0.15, 0.2) is 41.4 Å². The minimum absolute atomic E-state index is 0.0401. The summed E-state index contributed by atoms with van der Waals surface area (Å²) in [7, 11) is 0. The van der Waals surface area contributed by atoms with Gasteiger partial charge in [-0.1, -0.05) is 6.07 Å². The maximum absolute atomic E-state index is 12.8. The normalized spacial score (nSPS) is 12.5. The van der Waals surface area contributed by atoms with Gasteiger partial charge in [-0.2, -0.15) is 26.3 Å². The molecule has 0 saturated carbocycles. The molecule has 0 heterocycles. The predicted molar refractivity (Wildman–Crippen MR) is 78.8 cm³/mol. The summed E-state index contributed by atoms with van der Waals surface area (Å²) in [4.78, 5) is 14.4. The Morgan fingerprint density at radius 2 is 1.50 bits per heavy atom. The van der Waals surface area contributed by atoms with Crippen LogP contribution in [0.2, 0.25) is 0 Å². The number of halogens is 6. The minimum atomic E-state index is -5.02. The summed E-state index contributed by atoms with van der Waals surface area (Å²) in [6, 6.07) is 4.28. The number of benzene rings is 2. The van der Waals surface area contributed by atoms with E-state index in [9.17, 15) is 36.2 Å². The smallest absolute Gasteiger partial charge is 0.416 e. The minimum Gasteiger partial charge on any atom is -0.506 e. The number of aromatic carboxylic acids is 1. The molecule has 0 aliphatic rings. The van der Waals surface area contributed by atoms with E-state index in [1.54, 1.807) is 0 Å². The van der Waals surface area contributed by atoms with Crippen molar-refractivity contribution in [3.05, 3.63) is 58.7 Å². The molecule has 4 nitrogen and oxygen atoms in total. The van der Waals surface area contributed by atoms with Gasteiger partial charge in [0.15, 0.2) is 0 Å². The lowest BCUT2D eigenvalue weighted by atomic mass is 10.1. The maximum Gasteiger partial charge on any atom is 0.416 e. The van der Waals surface area contributed by atoms with Crippen molar-refractivity contribution in [2.24, 2.45) is 4.99 Å². The summed E-state index contributed by atoms with van der Waals surface area (Å²) in [6.07, 6.45) is -9.26. The van der Waals surface area contributed by atoms with Gasteiger partial charge in [0.2, 0.25) is 0 Å². The molecule has 2 rings (SSSR count). The Balaban J connectivity index is 2.51. The molecule has 2 aromatic carbocycles. The van der Waals surface area contributed by atoms with E-state index in [4.69, 9.17) is 5.11 Å². The second-order valence-electron chi connectivity index (χ2n) is 5.07. The van der Waals surface area contributed by atoms with Crippen molar-refractivity contribution in [2.75, 3.05) is 0 Å². The van der Waals surface area contributed by atoms with Crippen molar-refractivity contribution in [1.29, 1.82) is 0 Å². The Labute approximate surface area is 142 Å². The van der Waals surface area contributed by atoms with Crippen LogP contribution in [0.4, 0.5) is 32.0 Å². The molecule has 10 heteroatoms. The number of para-hydroxylation sites is 1. The molecule has 0 bridgehead atoms. The fourth-order valence-electron chi connectivity index (χ4n) is 2.00. The van der Waals surface area contributed by atoms with Gasteiger partial charge in [0.05, 0.1) is 16.8 Å². The number of carboxylic acid groups (broad SMARTS) is 1. The Morgan fingerprint density at radius 3 is 1.96 bits per heavy atom. The lowest BCUT2D eigenvalue weighted by Crippen LogP contribution is -2.10. The summed E-state index contributed by atoms with van der Waals surface area (Å²) in [6.45, 7) is 0. The number of hydrogen-bond donors (Lipinski definition) is 2. The van der Waals surface area contributed by atoms with Crippen molar-refractivity contribution >= 4 is 17.9 Å². The Hall–Kier alpha value is -3.04. The second kappa shape index (κ2) is 6.70. The van der Waals surface area contributed by atoms with Gasteiger partial charge in [-0.3, -0.25) is 4.99 Å². The van der Waals surface area contributed by atoms with Gasteiger partial charge in [-0.15, -0.1) is 0 Å². The van der Waals surface area contributed by atoms with Crippen molar-refractivity contribution in [2.45, 2.75) is 12.4 Å². The SMILES string of the molecule is O=C(O)c1cccc(C=Nc2cc(C(F)(F)F)cc(C(F)(F)F)c2)c1O. The molecule has 0 aliphatic heterocycles. The highest BCUT2D eigenvalue weighted by Crippen LogP contribution is 2.38. The first kappa shape index (κ1) is 19.3. The van der Waals surface area contributed by atoms with Crippen molar-refractivity contribution in [3.8, 4) is 5.75 Å². The second-order valence-corrected chi connectivity index (χ2v) is 5.07. The van der Waals surface area contributed by atoms with Crippen molar-refractivity contribution in [3.63, 3.8) is 0 Å². The quantitative estimate of drug-likeness (QED) is 0.592. The highest BCUT2D eigenvalue weighted by atomic mass is 19.4. The third kappa shape index (κ3) is 4.32. The van der Waals surface area contributed by atoms with E-state index in [1.807, 2.05) is 0 Å². The van der Waals surface area contributed by atoms with Gasteiger partial charge >= 0.3 is 18.3 Å². The van der Waals surface area contributed by atoms with Crippen LogP contribution in [-0.2, 0) is 12.4 Å². The summed E-state index contributed by atoms with van der Waals surface area (Å²) < 4.78 is 76.7. The summed E-state index contributed by atoms with van der Waals surface area (Å²) in [5.74, 6) is -2.18. The highest BCUT2D eigenvalue weighted by molar-refractivity contribution is 5.96. The number of nitrogens with zero attached hydrogens (tertiary/aromatic N) is 1. The fraction of sp³-hybridized carbons (Fsp3) is 0.125. The Morgan fingerprint density at radius 1 is 0.962 bits per heavy atom. The predicted octanol–water partition coefficient (Wildman–Crippen LogP) is 4.88. The maximum atomic E-state index is 12.8. The zero-order valence-electron chi connectivity index (χ0n) is 12.6. The monoisotopic (exact) mass is 377 g/mol. The number of carboxylic acids is 1. The van der Waals surface area contributed by atoms with Gasteiger partial charge < -0.3 is 10.2 Å². The van der Waals surface area contributed by atoms with Crippen LogP contribution in [0.1, 0.15) is 27.0 Å². The van der Waals surface area contributed by atoms with E-state index in [0.29, 0.717) is 12.1 Å². The van der Waals surface area contributed by atoms with Crippen LogP contribution in [0.25, 0.3) is 0 Å². The molecular weight excluding hydrogens is 368 g/mol. The van der Waals surface area contributed by atoms with E-state index in [1.165, 1.54) is 12.1 Å². The summed E-state index contributed by atoms with van der Waals surface area (Å²) >= 11 is 0. The third-order valence-corrected chi connectivity index (χ3v) is 3.22. The molecule has 26 heavy (non-hydrogen) atoms. The number of phenols is 1. The standard InChI is InChI=1S/C16H9F6NO3/c17-15(18,19)9-4-10(16(20,21)22)6-11(5-9)23-7-8-2-1-3-12(13(8)24)14(25)26/h1-7,24H,(H,25,26). The van der Waals surface area contributed by atoms with Crippen LogP contribution in [-0.4, -0.2) is 22.4 Å². The zero-order chi connectivity index (χ0) is 19.7. The number of aromatic hydroxyl groups is 1. The average Bonchev–Trinajstić information content (AvgIpc) is 2.51. The molecule has 0 saturated heterocycles. The molecule has 0 unspecified atom stereocenters. The lowest BCUT2D eigenvalue weighted by molar-refractivity contribution is -0.143. The van der Waals surface area contributed by atoms with Gasteiger partial charge in [0, 0.05) is 11.8 Å². The lowest BCUT2D eigenvalue weighted by Gasteiger charge is -2.12. The van der Waals surface area contributed by atoms with Gasteiger partial charge in [-0.05, 0) is 30.3 Å². The van der Waals surface area contributed by atoms with Crippen LogP contribution >= 0.6 is 0 Å². The third-order valence-electron chi connectivity index (χ3n) is 3.22. The van der Waals surface area contributed by atoms with Crippen molar-refractivity contribution < 1.29 is 41.4 Å². The molecule has 2 aromatic rings. The molecule has 0 radical (unpaired) electrons. The topological polar surface area (TPSA) is 69.9 Å². The first-order valence-corrected chi connectivity index (χ1v) is 6.78. The van der Waals surface area contributed by atoms with E-state index >= 15 is 0 Å². The van der Waals surface area contributed by atoms with E-state index < -0.39 is 46.4 Å². The van der Waals surface area contributed by atoms with Crippen molar-refractivity contribution in [1.82, 2.24) is 0 Å². The van der Waals surface area contributed by atoms with Crippen LogP contribution in [0, 0.1) is 0 Å². The summed E-state index contributed by atoms with van der Waals surface area (Å²) in [5.41, 5.74) is -4.41. The van der Waals surface area contributed by atoms with Gasteiger partial charge in [0.1, 0.15) is 11.3 Å². The molecular formula is C16H9F6NO3. The number of hydrogen-bond acceptors (Lipinski definition) is 3. The Bertz CT molecular complexity index is 839. The van der Waals surface area contributed by atoms with Gasteiger partial charge in [-0.25, -0.2) is 4.79 Å². The van der Waals surface area contributed by atoms with Crippen LogP contribution in [0.3, 0.4) is 0 Å². The molecule has 0 spiro atoms. The van der Waals surface area contributed by atoms with Crippen LogP contribution in [0.5, 0.6) is 5.75 Å². The molecule has 0 aliphatic carbocycles. The van der Waals surface area contributed by atoms with E-state index in [-0.39, 0.29) is 11.6 Å². The number of carbonyl (C=O) groups is 1. The average molecular weight is 377 g/mol. The molecule has 138 valence electrons. The van der Waals surface area contributed by atoms with Crippen LogP contribution < -0.4 is 0 Å². The number of alkyl halides is 6. The highest BCUT2D eigenvalue weighted by Gasteiger charge is 2.36. The first-order valence-electron chi connectivity index (χ1n) is 6.78. The number of aliphatic imine (C=N–C) groups is 1. The molecule has 0 aromatic heterocycles. The zero-order valence-corrected chi connectivity index (χ0v) is 12.6. The van der Waals surface area contributed by atoms with E-state index in [0.717, 1.165) is 12.3 Å². The Kier molecular flexibility index (Phi) is 4.97. The molecule has 0 fully saturated rings. The van der Waals surface area contributed by atoms with E-state index in [2.05, 4.69) is 4.99 Å². The first-order chi connectivity index (χ1) is 11.9.